The number of aromatic amines is 1. The number of amides is 1. The molecule has 2 N–H and O–H groups in total. The van der Waals surface area contributed by atoms with E-state index in [1.54, 1.807) is 32.4 Å². The monoisotopic (exact) mass is 484 g/mol. The molecule has 0 saturated carbocycles. The molecule has 0 spiro atoms. The van der Waals surface area contributed by atoms with Gasteiger partial charge in [-0.1, -0.05) is 18.2 Å². The number of hydrogen-bond acceptors (Lipinski definition) is 5. The summed E-state index contributed by atoms with van der Waals surface area (Å²) in [6.07, 6.45) is 1.75. The molecule has 1 aliphatic heterocycles. The van der Waals surface area contributed by atoms with Crippen LogP contribution in [0, 0.1) is 0 Å². The average molecular weight is 485 g/mol. The van der Waals surface area contributed by atoms with E-state index in [0.717, 1.165) is 77.5 Å². The molecule has 0 bridgehead atoms. The number of carbonyl (C=O) groups excluding carboxylic acids is 1. The van der Waals surface area contributed by atoms with Gasteiger partial charge in [0, 0.05) is 56.8 Å². The molecule has 8 heteroatoms. The summed E-state index contributed by atoms with van der Waals surface area (Å²) in [4.78, 5) is 35.1. The molecule has 2 aromatic heterocycles. The number of rotatable bonds is 6. The third kappa shape index (κ3) is 4.67. The van der Waals surface area contributed by atoms with Crippen molar-refractivity contribution in [1.82, 2.24) is 19.8 Å². The number of piperazine rings is 1. The van der Waals surface area contributed by atoms with Gasteiger partial charge in [-0.25, -0.2) is 9.78 Å². The van der Waals surface area contributed by atoms with Crippen LogP contribution in [0.5, 0.6) is 5.75 Å². The van der Waals surface area contributed by atoms with Crippen LogP contribution in [0.2, 0.25) is 0 Å². The summed E-state index contributed by atoms with van der Waals surface area (Å²) in [5.74, 6) is -0.0527. The fourth-order valence-electron chi connectivity index (χ4n) is 4.76. The topological polar surface area (TPSA) is 98.8 Å². The number of nitrogens with zero attached hydrogens (tertiary/aromatic N) is 3. The van der Waals surface area contributed by atoms with Gasteiger partial charge in [-0.2, -0.15) is 0 Å². The van der Waals surface area contributed by atoms with Gasteiger partial charge in [0.2, 0.25) is 5.91 Å². The highest BCUT2D eigenvalue weighted by atomic mass is 16.5. The van der Waals surface area contributed by atoms with E-state index in [1.165, 1.54) is 0 Å². The largest absolute Gasteiger partial charge is 0.496 e. The minimum absolute atomic E-state index is 0.131. The summed E-state index contributed by atoms with van der Waals surface area (Å²) < 4.78 is 5.68. The van der Waals surface area contributed by atoms with Gasteiger partial charge in [-0.05, 0) is 53.1 Å². The molecule has 36 heavy (non-hydrogen) atoms. The van der Waals surface area contributed by atoms with Crippen LogP contribution in [-0.4, -0.2) is 70.0 Å². The smallest absolute Gasteiger partial charge is 0.335 e. The second-order valence-electron chi connectivity index (χ2n) is 9.00. The fourth-order valence-corrected chi connectivity index (χ4v) is 4.76. The molecule has 0 unspecified atom stereocenters. The van der Waals surface area contributed by atoms with Gasteiger partial charge in [0.25, 0.3) is 0 Å². The normalized spacial score (nSPS) is 14.2. The Bertz CT molecular complexity index is 1420. The highest BCUT2D eigenvalue weighted by Crippen LogP contribution is 2.35. The van der Waals surface area contributed by atoms with Crippen LogP contribution in [0.1, 0.15) is 22.8 Å². The van der Waals surface area contributed by atoms with Crippen molar-refractivity contribution in [2.75, 3.05) is 33.3 Å². The molecule has 0 aliphatic carbocycles. The number of aromatic nitrogens is 2. The standard InChI is InChI=1S/C28H28N4O4/c1-18(33)32-13-11-31(12-14-32)17-19-3-8-26(36-2)24(15-19)25-16-23-22(9-10-29-27(23)30-25)20-4-6-21(7-5-20)28(34)35/h3-10,15-16H,11-14,17H2,1-2H3,(H,29,30)(H,34,35). The Kier molecular flexibility index (Phi) is 6.43. The first-order valence-corrected chi connectivity index (χ1v) is 11.9. The SMILES string of the molecule is COc1ccc(CN2CCN(C(C)=O)CC2)cc1-c1cc2c(-c3ccc(C(=O)O)cc3)ccnc2[nH]1. The first-order chi connectivity index (χ1) is 17.4. The van der Waals surface area contributed by atoms with Gasteiger partial charge in [-0.15, -0.1) is 0 Å². The number of pyridine rings is 1. The number of carbonyl (C=O) groups is 2. The second kappa shape index (κ2) is 9.83. The van der Waals surface area contributed by atoms with Crippen LogP contribution >= 0.6 is 0 Å². The molecule has 1 fully saturated rings. The van der Waals surface area contributed by atoms with Gasteiger partial charge >= 0.3 is 5.97 Å². The number of ether oxygens (including phenoxy) is 1. The average Bonchev–Trinajstić information content (AvgIpc) is 3.33. The van der Waals surface area contributed by atoms with E-state index in [4.69, 9.17) is 4.74 Å². The summed E-state index contributed by atoms with van der Waals surface area (Å²) in [5.41, 5.74) is 5.90. The summed E-state index contributed by atoms with van der Waals surface area (Å²) in [5, 5.41) is 10.2. The molecule has 0 radical (unpaired) electrons. The van der Waals surface area contributed by atoms with Crippen molar-refractivity contribution in [3.8, 4) is 28.1 Å². The van der Waals surface area contributed by atoms with E-state index in [9.17, 15) is 14.7 Å². The first kappa shape index (κ1) is 23.6. The Balaban J connectivity index is 1.45. The lowest BCUT2D eigenvalue weighted by Gasteiger charge is -2.34. The highest BCUT2D eigenvalue weighted by molar-refractivity contribution is 5.97. The quantitative estimate of drug-likeness (QED) is 0.424. The van der Waals surface area contributed by atoms with Gasteiger partial charge in [0.1, 0.15) is 11.4 Å². The Morgan fingerprint density at radius 3 is 2.42 bits per heavy atom. The van der Waals surface area contributed by atoms with Gasteiger partial charge in [0.05, 0.1) is 18.4 Å². The van der Waals surface area contributed by atoms with Crippen LogP contribution in [0.25, 0.3) is 33.4 Å². The van der Waals surface area contributed by atoms with Gasteiger partial charge in [-0.3, -0.25) is 9.69 Å². The molecule has 5 rings (SSSR count). The van der Waals surface area contributed by atoms with Crippen LogP contribution < -0.4 is 4.74 Å². The van der Waals surface area contributed by atoms with E-state index in [-0.39, 0.29) is 11.5 Å². The van der Waals surface area contributed by atoms with E-state index in [0.29, 0.717) is 0 Å². The zero-order valence-corrected chi connectivity index (χ0v) is 20.3. The number of aromatic carboxylic acids is 1. The first-order valence-electron chi connectivity index (χ1n) is 11.9. The molecule has 1 amide bonds. The number of H-pyrrole nitrogens is 1. The van der Waals surface area contributed by atoms with Crippen molar-refractivity contribution in [2.24, 2.45) is 0 Å². The van der Waals surface area contributed by atoms with E-state index >= 15 is 0 Å². The van der Waals surface area contributed by atoms with Crippen LogP contribution in [0.15, 0.2) is 60.8 Å². The number of methoxy groups -OCH3 is 1. The van der Waals surface area contributed by atoms with E-state index in [1.807, 2.05) is 29.2 Å². The van der Waals surface area contributed by atoms with E-state index in [2.05, 4.69) is 33.1 Å². The van der Waals surface area contributed by atoms with E-state index < -0.39 is 5.97 Å². The molecule has 1 aliphatic rings. The lowest BCUT2D eigenvalue weighted by molar-refractivity contribution is -0.130. The number of carboxylic acids is 1. The molecular formula is C28H28N4O4. The summed E-state index contributed by atoms with van der Waals surface area (Å²) in [7, 11) is 1.66. The lowest BCUT2D eigenvalue weighted by atomic mass is 10.0. The minimum atomic E-state index is -0.946. The third-order valence-corrected chi connectivity index (χ3v) is 6.75. The molecule has 4 aromatic rings. The Hall–Kier alpha value is -4.17. The zero-order valence-electron chi connectivity index (χ0n) is 20.3. The molecule has 0 atom stereocenters. The molecule has 184 valence electrons. The third-order valence-electron chi connectivity index (χ3n) is 6.75. The Labute approximate surface area is 209 Å². The predicted octanol–water partition coefficient (Wildman–Crippen LogP) is 4.27. The molecule has 8 nitrogen and oxygen atoms in total. The van der Waals surface area contributed by atoms with Gasteiger partial charge < -0.3 is 19.7 Å². The maximum Gasteiger partial charge on any atom is 0.335 e. The number of fused-ring (bicyclic) bond motifs is 1. The predicted molar refractivity (Wildman–Crippen MR) is 138 cm³/mol. The molecule has 2 aromatic carbocycles. The van der Waals surface area contributed by atoms with Crippen molar-refractivity contribution in [1.29, 1.82) is 0 Å². The highest BCUT2D eigenvalue weighted by Gasteiger charge is 2.20. The number of benzene rings is 2. The van der Waals surface area contributed by atoms with Crippen LogP contribution in [0.4, 0.5) is 0 Å². The number of nitrogens with one attached hydrogen (secondary N) is 1. The van der Waals surface area contributed by atoms with Crippen molar-refractivity contribution in [2.45, 2.75) is 13.5 Å². The summed E-state index contributed by atoms with van der Waals surface area (Å²) in [6, 6.07) is 17.1. The molecular weight excluding hydrogens is 456 g/mol. The lowest BCUT2D eigenvalue weighted by Crippen LogP contribution is -2.47. The van der Waals surface area contributed by atoms with Gasteiger partial charge in [0.15, 0.2) is 0 Å². The maximum absolute atomic E-state index is 11.6. The number of hydrogen-bond donors (Lipinski definition) is 2. The van der Waals surface area contributed by atoms with Crippen molar-refractivity contribution >= 4 is 22.9 Å². The van der Waals surface area contributed by atoms with Crippen LogP contribution in [-0.2, 0) is 11.3 Å². The Morgan fingerprint density at radius 1 is 1.00 bits per heavy atom. The van der Waals surface area contributed by atoms with Crippen LogP contribution in [0.3, 0.4) is 0 Å². The second-order valence-corrected chi connectivity index (χ2v) is 9.00. The maximum atomic E-state index is 11.6. The molecule has 1 saturated heterocycles. The summed E-state index contributed by atoms with van der Waals surface area (Å²) in [6.45, 7) is 5.62. The number of carboxylic acid groups (broad SMARTS) is 1. The Morgan fingerprint density at radius 2 is 1.75 bits per heavy atom. The minimum Gasteiger partial charge on any atom is -0.496 e. The zero-order chi connectivity index (χ0) is 25.2. The van der Waals surface area contributed by atoms with Crippen molar-refractivity contribution in [3.05, 3.63) is 71.9 Å². The van der Waals surface area contributed by atoms with Crippen molar-refractivity contribution in [3.63, 3.8) is 0 Å². The fraction of sp³-hybridized carbons (Fsp3) is 0.250. The molecule has 3 heterocycles. The van der Waals surface area contributed by atoms with Crippen molar-refractivity contribution < 1.29 is 19.4 Å². The summed E-state index contributed by atoms with van der Waals surface area (Å²) >= 11 is 0.